The summed E-state index contributed by atoms with van der Waals surface area (Å²) in [6.07, 6.45) is 0. The lowest BCUT2D eigenvalue weighted by molar-refractivity contribution is 0.0598. The van der Waals surface area contributed by atoms with Gasteiger partial charge in [0.25, 0.3) is 5.91 Å². The molecule has 17 heavy (non-hydrogen) atoms. The van der Waals surface area contributed by atoms with Crippen LogP contribution in [-0.4, -0.2) is 22.9 Å². The third-order valence-corrected chi connectivity index (χ3v) is 3.37. The number of amides is 1. The Hall–Kier alpha value is -0.830. The third-order valence-electron chi connectivity index (χ3n) is 2.76. The molecule has 0 radical (unpaired) electrons. The minimum atomic E-state index is -0.148. The lowest BCUT2D eigenvalue weighted by Gasteiger charge is -2.35. The quantitative estimate of drug-likeness (QED) is 0.776. The van der Waals surface area contributed by atoms with Gasteiger partial charge in [-0.3, -0.25) is 4.79 Å². The summed E-state index contributed by atoms with van der Waals surface area (Å²) in [7, 11) is 0. The molecule has 0 saturated heterocycles. The zero-order valence-electron chi connectivity index (χ0n) is 11.0. The van der Waals surface area contributed by atoms with E-state index in [9.17, 15) is 4.79 Å². The first-order valence-corrected chi connectivity index (χ1v) is 6.99. The third kappa shape index (κ3) is 3.32. The van der Waals surface area contributed by atoms with Crippen molar-refractivity contribution in [3.8, 4) is 0 Å². The molecule has 0 atom stereocenters. The maximum absolute atomic E-state index is 12.5. The Balaban J connectivity index is 3.11. The minimum Gasteiger partial charge on any atom is -0.334 e. The van der Waals surface area contributed by atoms with Crippen molar-refractivity contribution in [3.63, 3.8) is 0 Å². The minimum absolute atomic E-state index is 0.107. The normalized spacial score (nSPS) is 11.4. The summed E-state index contributed by atoms with van der Waals surface area (Å²) < 4.78 is 0. The van der Waals surface area contributed by atoms with E-state index in [2.05, 4.69) is 36.7 Å². The second-order valence-corrected chi connectivity index (χ2v) is 5.57. The van der Waals surface area contributed by atoms with Crippen molar-refractivity contribution >= 4 is 21.8 Å². The van der Waals surface area contributed by atoms with E-state index in [0.717, 1.165) is 17.7 Å². The molecule has 3 heteroatoms. The summed E-state index contributed by atoms with van der Waals surface area (Å²) in [5.41, 5.74) is 1.69. The number of halogens is 1. The van der Waals surface area contributed by atoms with Crippen LogP contribution in [-0.2, 0) is 5.33 Å². The van der Waals surface area contributed by atoms with Gasteiger partial charge >= 0.3 is 0 Å². The summed E-state index contributed by atoms with van der Waals surface area (Å²) in [6.45, 7) is 8.92. The number of carbonyl (C=O) groups is 1. The molecule has 0 aliphatic heterocycles. The average Bonchev–Trinajstić information content (AvgIpc) is 2.27. The molecule has 1 amide bonds. The Morgan fingerprint density at radius 2 is 1.88 bits per heavy atom. The van der Waals surface area contributed by atoms with E-state index in [4.69, 9.17) is 0 Å². The van der Waals surface area contributed by atoms with E-state index < -0.39 is 0 Å². The average molecular weight is 298 g/mol. The van der Waals surface area contributed by atoms with Crippen LogP contribution in [0.1, 0.15) is 43.6 Å². The monoisotopic (exact) mass is 297 g/mol. The van der Waals surface area contributed by atoms with Gasteiger partial charge in [-0.25, -0.2) is 0 Å². The van der Waals surface area contributed by atoms with E-state index in [1.54, 1.807) is 0 Å². The van der Waals surface area contributed by atoms with E-state index in [1.165, 1.54) is 0 Å². The van der Waals surface area contributed by atoms with E-state index in [-0.39, 0.29) is 11.4 Å². The van der Waals surface area contributed by atoms with Gasteiger partial charge in [0.15, 0.2) is 0 Å². The molecule has 0 aliphatic rings. The molecule has 2 nitrogen and oxygen atoms in total. The molecule has 0 N–H and O–H groups in total. The molecule has 1 aromatic carbocycles. The SMILES string of the molecule is CCN(C(=O)c1ccccc1CBr)C(C)(C)C. The highest BCUT2D eigenvalue weighted by molar-refractivity contribution is 9.08. The number of alkyl halides is 1. The highest BCUT2D eigenvalue weighted by atomic mass is 79.9. The van der Waals surface area contributed by atoms with Crippen molar-refractivity contribution in [3.05, 3.63) is 35.4 Å². The van der Waals surface area contributed by atoms with Gasteiger partial charge < -0.3 is 4.90 Å². The van der Waals surface area contributed by atoms with Gasteiger partial charge in [0.2, 0.25) is 0 Å². The van der Waals surface area contributed by atoms with Gasteiger partial charge in [0, 0.05) is 23.0 Å². The van der Waals surface area contributed by atoms with Crippen LogP contribution < -0.4 is 0 Å². The van der Waals surface area contributed by atoms with Crippen LogP contribution in [0.5, 0.6) is 0 Å². The predicted octanol–water partition coefficient (Wildman–Crippen LogP) is 3.84. The number of carbonyl (C=O) groups excluding carboxylic acids is 1. The molecule has 0 fully saturated rings. The van der Waals surface area contributed by atoms with Gasteiger partial charge in [0.1, 0.15) is 0 Å². The van der Waals surface area contributed by atoms with Crippen molar-refractivity contribution < 1.29 is 4.79 Å². The number of nitrogens with zero attached hydrogens (tertiary/aromatic N) is 1. The first kappa shape index (κ1) is 14.2. The summed E-state index contributed by atoms with van der Waals surface area (Å²) >= 11 is 3.43. The molecule has 1 rings (SSSR count). The second kappa shape index (κ2) is 5.67. The Morgan fingerprint density at radius 1 is 1.29 bits per heavy atom. The van der Waals surface area contributed by atoms with Gasteiger partial charge in [-0.05, 0) is 39.3 Å². The lowest BCUT2D eigenvalue weighted by Crippen LogP contribution is -2.45. The summed E-state index contributed by atoms with van der Waals surface area (Å²) in [5.74, 6) is 0.107. The molecule has 0 aromatic heterocycles. The Morgan fingerprint density at radius 3 is 2.35 bits per heavy atom. The van der Waals surface area contributed by atoms with Crippen LogP contribution in [0.15, 0.2) is 24.3 Å². The number of hydrogen-bond donors (Lipinski definition) is 0. The van der Waals surface area contributed by atoms with Gasteiger partial charge in [0.05, 0.1) is 0 Å². The van der Waals surface area contributed by atoms with Gasteiger partial charge in [-0.1, -0.05) is 34.1 Å². The highest BCUT2D eigenvalue weighted by Gasteiger charge is 2.26. The predicted molar refractivity (Wildman–Crippen MR) is 75.5 cm³/mol. The van der Waals surface area contributed by atoms with Crippen LogP contribution in [0.4, 0.5) is 0 Å². The molecular formula is C14H20BrNO. The second-order valence-electron chi connectivity index (χ2n) is 5.01. The Kier molecular flexibility index (Phi) is 4.75. The van der Waals surface area contributed by atoms with Crippen molar-refractivity contribution in [2.45, 2.75) is 38.6 Å². The molecule has 0 bridgehead atoms. The fourth-order valence-electron chi connectivity index (χ4n) is 1.91. The molecule has 1 aromatic rings. The largest absolute Gasteiger partial charge is 0.334 e. The molecule has 0 saturated carbocycles. The molecule has 0 spiro atoms. The summed E-state index contributed by atoms with van der Waals surface area (Å²) in [5, 5.41) is 0.705. The number of rotatable bonds is 3. The lowest BCUT2D eigenvalue weighted by atomic mass is 10.0. The molecule has 0 heterocycles. The summed E-state index contributed by atoms with van der Waals surface area (Å²) in [6, 6.07) is 7.75. The summed E-state index contributed by atoms with van der Waals surface area (Å²) in [4.78, 5) is 14.4. The number of hydrogen-bond acceptors (Lipinski definition) is 1. The smallest absolute Gasteiger partial charge is 0.254 e. The first-order chi connectivity index (χ1) is 7.91. The topological polar surface area (TPSA) is 20.3 Å². The van der Waals surface area contributed by atoms with Crippen LogP contribution in [0, 0.1) is 0 Å². The van der Waals surface area contributed by atoms with Gasteiger partial charge in [-0.15, -0.1) is 0 Å². The van der Waals surface area contributed by atoms with Crippen molar-refractivity contribution in [1.29, 1.82) is 0 Å². The standard InChI is InChI=1S/C14H20BrNO/c1-5-16(14(2,3)4)13(17)12-9-7-6-8-11(12)10-15/h6-9H,5,10H2,1-4H3. The zero-order valence-corrected chi connectivity index (χ0v) is 12.5. The maximum Gasteiger partial charge on any atom is 0.254 e. The van der Waals surface area contributed by atoms with Gasteiger partial charge in [-0.2, -0.15) is 0 Å². The first-order valence-electron chi connectivity index (χ1n) is 5.87. The molecule has 0 unspecified atom stereocenters. The zero-order chi connectivity index (χ0) is 13.1. The molecule has 0 aliphatic carbocycles. The maximum atomic E-state index is 12.5. The van der Waals surface area contributed by atoms with Crippen molar-refractivity contribution in [2.24, 2.45) is 0 Å². The van der Waals surface area contributed by atoms with Crippen molar-refractivity contribution in [1.82, 2.24) is 4.90 Å². The van der Waals surface area contributed by atoms with Crippen molar-refractivity contribution in [2.75, 3.05) is 6.54 Å². The van der Waals surface area contributed by atoms with Crippen LogP contribution in [0.25, 0.3) is 0 Å². The number of benzene rings is 1. The van der Waals surface area contributed by atoms with E-state index >= 15 is 0 Å². The fraction of sp³-hybridized carbons (Fsp3) is 0.500. The fourth-order valence-corrected chi connectivity index (χ4v) is 2.40. The van der Waals surface area contributed by atoms with E-state index in [0.29, 0.717) is 5.33 Å². The highest BCUT2D eigenvalue weighted by Crippen LogP contribution is 2.20. The van der Waals surface area contributed by atoms with E-state index in [1.807, 2.05) is 36.1 Å². The van der Waals surface area contributed by atoms with Crippen LogP contribution in [0.3, 0.4) is 0 Å². The Bertz CT molecular complexity index is 395. The molecule has 94 valence electrons. The van der Waals surface area contributed by atoms with Crippen LogP contribution in [0.2, 0.25) is 0 Å². The van der Waals surface area contributed by atoms with Crippen LogP contribution >= 0.6 is 15.9 Å². The Labute approximate surface area is 112 Å². The molecular weight excluding hydrogens is 278 g/mol.